The minimum absolute atomic E-state index is 0.213. The van der Waals surface area contributed by atoms with E-state index in [9.17, 15) is 4.39 Å². The van der Waals surface area contributed by atoms with Crippen molar-refractivity contribution >= 4 is 17.3 Å². The Balaban J connectivity index is 1.59. The third-order valence-electron chi connectivity index (χ3n) is 3.71. The highest BCUT2D eigenvalue weighted by Gasteiger charge is 2.02. The molecule has 0 saturated carbocycles. The number of hydrogen-bond acceptors (Lipinski definition) is 4. The molecule has 2 N–H and O–H groups in total. The summed E-state index contributed by atoms with van der Waals surface area (Å²) in [5.41, 5.74) is 3.26. The van der Waals surface area contributed by atoms with Crippen LogP contribution in [0, 0.1) is 12.7 Å². The van der Waals surface area contributed by atoms with Crippen molar-refractivity contribution in [3.63, 3.8) is 0 Å². The first-order valence-corrected chi connectivity index (χ1v) is 7.84. The molecule has 0 saturated heterocycles. The van der Waals surface area contributed by atoms with E-state index in [1.54, 1.807) is 12.1 Å². The van der Waals surface area contributed by atoms with E-state index in [2.05, 4.69) is 20.6 Å². The lowest BCUT2D eigenvalue weighted by Crippen LogP contribution is -2.07. The number of anilines is 3. The number of nitrogens with one attached hydrogen (secondary N) is 2. The number of nitrogens with zero attached hydrogens (tertiary/aromatic N) is 2. The van der Waals surface area contributed by atoms with Gasteiger partial charge in [0.1, 0.15) is 23.8 Å². The van der Waals surface area contributed by atoms with Crippen molar-refractivity contribution in [3.05, 3.63) is 77.9 Å². The summed E-state index contributed by atoms with van der Waals surface area (Å²) in [6.45, 7) is 2.76. The van der Waals surface area contributed by atoms with Gasteiger partial charge in [-0.2, -0.15) is 0 Å². The minimum Gasteiger partial charge on any atom is -0.370 e. The third kappa shape index (κ3) is 4.29. The quantitative estimate of drug-likeness (QED) is 0.709. The molecular weight excluding hydrogens is 303 g/mol. The van der Waals surface area contributed by atoms with Gasteiger partial charge in [-0.3, -0.25) is 0 Å². The summed E-state index contributed by atoms with van der Waals surface area (Å²) in [5.74, 6) is 1.28. The van der Waals surface area contributed by atoms with Crippen LogP contribution in [0.25, 0.3) is 0 Å². The molecule has 122 valence electrons. The molecule has 0 unspecified atom stereocenters. The summed E-state index contributed by atoms with van der Waals surface area (Å²) in [7, 11) is 0. The molecular formula is C19H19FN4. The average molecular weight is 322 g/mol. The summed E-state index contributed by atoms with van der Waals surface area (Å²) in [5, 5.41) is 6.56. The number of hydrogen-bond donors (Lipinski definition) is 2. The maximum atomic E-state index is 12.9. The standard InChI is InChI=1S/C19H19FN4/c1-14-4-2-3-5-17(14)24-19-12-18(22-13-23-19)21-11-10-15-6-8-16(20)9-7-15/h2-9,12-13H,10-11H2,1H3,(H2,21,22,23,24). The fraction of sp³-hybridized carbons (Fsp3) is 0.158. The van der Waals surface area contributed by atoms with Crippen LogP contribution in [0.5, 0.6) is 0 Å². The van der Waals surface area contributed by atoms with E-state index in [4.69, 9.17) is 0 Å². The van der Waals surface area contributed by atoms with Crippen molar-refractivity contribution < 1.29 is 4.39 Å². The van der Waals surface area contributed by atoms with E-state index in [0.717, 1.165) is 34.9 Å². The molecule has 3 aromatic rings. The van der Waals surface area contributed by atoms with Gasteiger partial charge < -0.3 is 10.6 Å². The van der Waals surface area contributed by atoms with Gasteiger partial charge in [-0.1, -0.05) is 30.3 Å². The van der Waals surface area contributed by atoms with Crippen LogP contribution in [0.15, 0.2) is 60.9 Å². The molecule has 24 heavy (non-hydrogen) atoms. The van der Waals surface area contributed by atoms with Gasteiger partial charge in [-0.15, -0.1) is 0 Å². The van der Waals surface area contributed by atoms with Crippen LogP contribution in [0.1, 0.15) is 11.1 Å². The van der Waals surface area contributed by atoms with Crippen molar-refractivity contribution in [2.24, 2.45) is 0 Å². The largest absolute Gasteiger partial charge is 0.370 e. The summed E-state index contributed by atoms with van der Waals surface area (Å²) in [4.78, 5) is 8.47. The first kappa shape index (κ1) is 15.9. The van der Waals surface area contributed by atoms with Crippen LogP contribution >= 0.6 is 0 Å². The van der Waals surface area contributed by atoms with Crippen molar-refractivity contribution in [1.82, 2.24) is 9.97 Å². The molecule has 0 amide bonds. The van der Waals surface area contributed by atoms with Crippen molar-refractivity contribution in [2.75, 3.05) is 17.2 Å². The van der Waals surface area contributed by atoms with Gasteiger partial charge in [-0.25, -0.2) is 14.4 Å². The number of rotatable bonds is 6. The molecule has 0 atom stereocenters. The maximum absolute atomic E-state index is 12.9. The van der Waals surface area contributed by atoms with Gasteiger partial charge in [0.2, 0.25) is 0 Å². The Morgan fingerprint density at radius 3 is 2.50 bits per heavy atom. The zero-order valence-electron chi connectivity index (χ0n) is 13.5. The highest BCUT2D eigenvalue weighted by Crippen LogP contribution is 2.19. The monoisotopic (exact) mass is 322 g/mol. The molecule has 0 aliphatic heterocycles. The molecule has 4 nitrogen and oxygen atoms in total. The smallest absolute Gasteiger partial charge is 0.135 e. The SMILES string of the molecule is Cc1ccccc1Nc1cc(NCCc2ccc(F)cc2)ncn1. The normalized spacial score (nSPS) is 10.4. The Kier molecular flexibility index (Phi) is 5.01. The van der Waals surface area contributed by atoms with Gasteiger partial charge >= 0.3 is 0 Å². The summed E-state index contributed by atoms with van der Waals surface area (Å²) < 4.78 is 12.9. The Morgan fingerprint density at radius 2 is 1.71 bits per heavy atom. The van der Waals surface area contributed by atoms with E-state index in [-0.39, 0.29) is 5.82 Å². The maximum Gasteiger partial charge on any atom is 0.135 e. The predicted octanol–water partition coefficient (Wildman–Crippen LogP) is 4.32. The van der Waals surface area contributed by atoms with Crippen molar-refractivity contribution in [1.29, 1.82) is 0 Å². The van der Waals surface area contributed by atoms with Gasteiger partial charge in [0.15, 0.2) is 0 Å². The van der Waals surface area contributed by atoms with E-state index in [0.29, 0.717) is 6.54 Å². The molecule has 2 aromatic carbocycles. The molecule has 0 aliphatic carbocycles. The van der Waals surface area contributed by atoms with Crippen LogP contribution in [-0.4, -0.2) is 16.5 Å². The van der Waals surface area contributed by atoms with E-state index in [1.807, 2.05) is 37.3 Å². The fourth-order valence-electron chi connectivity index (χ4n) is 2.36. The third-order valence-corrected chi connectivity index (χ3v) is 3.71. The number of benzene rings is 2. The molecule has 1 heterocycles. The van der Waals surface area contributed by atoms with Crippen molar-refractivity contribution in [3.8, 4) is 0 Å². The Bertz CT molecular complexity index is 802. The molecule has 0 spiro atoms. The zero-order valence-corrected chi connectivity index (χ0v) is 13.5. The molecule has 0 aliphatic rings. The topological polar surface area (TPSA) is 49.8 Å². The Hall–Kier alpha value is -2.95. The number of aromatic nitrogens is 2. The molecule has 0 fully saturated rings. The second-order valence-electron chi connectivity index (χ2n) is 5.53. The van der Waals surface area contributed by atoms with Crippen LogP contribution in [0.4, 0.5) is 21.7 Å². The summed E-state index contributed by atoms with van der Waals surface area (Å²) in [6.07, 6.45) is 2.33. The Morgan fingerprint density at radius 1 is 0.958 bits per heavy atom. The van der Waals surface area contributed by atoms with E-state index >= 15 is 0 Å². The predicted molar refractivity (Wildman–Crippen MR) is 95.1 cm³/mol. The van der Waals surface area contributed by atoms with Crippen LogP contribution in [0.2, 0.25) is 0 Å². The van der Waals surface area contributed by atoms with Gasteiger partial charge in [0, 0.05) is 18.3 Å². The summed E-state index contributed by atoms with van der Waals surface area (Å²) in [6, 6.07) is 16.5. The lowest BCUT2D eigenvalue weighted by atomic mass is 10.1. The molecule has 3 rings (SSSR count). The number of aryl methyl sites for hydroxylation is 1. The van der Waals surface area contributed by atoms with Crippen molar-refractivity contribution in [2.45, 2.75) is 13.3 Å². The lowest BCUT2D eigenvalue weighted by molar-refractivity contribution is 0.627. The van der Waals surface area contributed by atoms with Gasteiger partial charge in [0.25, 0.3) is 0 Å². The average Bonchev–Trinajstić information content (AvgIpc) is 2.59. The van der Waals surface area contributed by atoms with Crippen LogP contribution in [0.3, 0.4) is 0 Å². The second kappa shape index (κ2) is 7.55. The summed E-state index contributed by atoms with van der Waals surface area (Å²) >= 11 is 0. The highest BCUT2D eigenvalue weighted by atomic mass is 19.1. The Labute approximate surface area is 140 Å². The van der Waals surface area contributed by atoms with Crippen LogP contribution in [-0.2, 0) is 6.42 Å². The second-order valence-corrected chi connectivity index (χ2v) is 5.53. The lowest BCUT2D eigenvalue weighted by Gasteiger charge is -2.10. The zero-order chi connectivity index (χ0) is 16.8. The minimum atomic E-state index is -0.213. The molecule has 0 radical (unpaired) electrons. The van der Waals surface area contributed by atoms with E-state index < -0.39 is 0 Å². The number of halogens is 1. The van der Waals surface area contributed by atoms with Crippen LogP contribution < -0.4 is 10.6 Å². The molecule has 5 heteroatoms. The fourth-order valence-corrected chi connectivity index (χ4v) is 2.36. The van der Waals surface area contributed by atoms with E-state index in [1.165, 1.54) is 18.5 Å². The number of para-hydroxylation sites is 1. The molecule has 1 aromatic heterocycles. The van der Waals surface area contributed by atoms with Gasteiger partial charge in [-0.05, 0) is 42.7 Å². The van der Waals surface area contributed by atoms with Gasteiger partial charge in [0.05, 0.1) is 0 Å². The first-order valence-electron chi connectivity index (χ1n) is 7.84. The first-order chi connectivity index (χ1) is 11.7. The molecule has 0 bridgehead atoms. The highest BCUT2D eigenvalue weighted by molar-refractivity contribution is 5.61.